The third-order valence-corrected chi connectivity index (χ3v) is 9.54. The van der Waals surface area contributed by atoms with E-state index in [2.05, 4.69) is 32.5 Å². The van der Waals surface area contributed by atoms with Gasteiger partial charge in [0.05, 0.1) is 23.4 Å². The molecule has 0 unspecified atom stereocenters. The molecule has 12 heteroatoms. The van der Waals surface area contributed by atoms with Gasteiger partial charge in [0.25, 0.3) is 0 Å². The second-order valence-corrected chi connectivity index (χ2v) is 13.3. The molecule has 3 aliphatic rings. The molecule has 1 saturated carbocycles. The molecule has 252 valence electrons. The molecule has 3 heterocycles. The fourth-order valence-electron chi connectivity index (χ4n) is 6.30. The molecular weight excluding hydrogens is 625 g/mol. The predicted molar refractivity (Wildman–Crippen MR) is 182 cm³/mol. The number of nitrogens with one attached hydrogen (secondary N) is 4. The molecule has 1 aromatic heterocycles. The number of anilines is 2. The summed E-state index contributed by atoms with van der Waals surface area (Å²) in [5, 5.41) is 19.6. The number of aromatic nitrogens is 1. The molecule has 2 aliphatic heterocycles. The number of rotatable bonds is 9. The molecule has 4 N–H and O–H groups in total. The van der Waals surface area contributed by atoms with Crippen molar-refractivity contribution >= 4 is 34.2 Å². The summed E-state index contributed by atoms with van der Waals surface area (Å²) in [6, 6.07) is 14.9. The minimum atomic E-state index is -4.38. The number of hydrogen-bond acceptors (Lipinski definition) is 8. The van der Waals surface area contributed by atoms with Crippen molar-refractivity contribution in [2.75, 3.05) is 57.1 Å². The Morgan fingerprint density at radius 1 is 1.09 bits per heavy atom. The molecule has 0 radical (unpaired) electrons. The normalized spacial score (nSPS) is 17.4. The van der Waals surface area contributed by atoms with Crippen LogP contribution in [0.4, 0.5) is 24.5 Å². The second-order valence-electron chi connectivity index (χ2n) is 12.2. The lowest BCUT2D eigenvalue weighted by Crippen LogP contribution is -2.55. The van der Waals surface area contributed by atoms with Gasteiger partial charge in [0.15, 0.2) is 6.61 Å². The topological polar surface area (TPSA) is 95.3 Å². The van der Waals surface area contributed by atoms with E-state index in [0.717, 1.165) is 54.9 Å². The number of fused-ring (bicyclic) bond motifs is 1. The summed E-state index contributed by atoms with van der Waals surface area (Å²) < 4.78 is 55.5. The van der Waals surface area contributed by atoms with E-state index in [-0.39, 0.29) is 13.2 Å². The van der Waals surface area contributed by atoms with E-state index in [1.165, 1.54) is 48.9 Å². The predicted octanol–water partition coefficient (Wildman–Crippen LogP) is 6.93. The summed E-state index contributed by atoms with van der Waals surface area (Å²) in [5.41, 5.74) is 2.96. The maximum absolute atomic E-state index is 13.5. The Bertz CT molecular complexity index is 1570. The molecule has 0 bridgehead atoms. The van der Waals surface area contributed by atoms with E-state index in [1.807, 2.05) is 24.3 Å². The third-order valence-electron chi connectivity index (χ3n) is 8.85. The first-order chi connectivity index (χ1) is 22.8. The van der Waals surface area contributed by atoms with Gasteiger partial charge in [0.1, 0.15) is 18.4 Å². The highest BCUT2D eigenvalue weighted by Crippen LogP contribution is 2.34. The minimum Gasteiger partial charge on any atom is -0.477 e. The van der Waals surface area contributed by atoms with Gasteiger partial charge in [-0.3, -0.25) is 4.72 Å². The lowest BCUT2D eigenvalue weighted by Gasteiger charge is -2.45. The Labute approximate surface area is 279 Å². The summed E-state index contributed by atoms with van der Waals surface area (Å²) in [6.45, 7) is 3.40. The van der Waals surface area contributed by atoms with Crippen molar-refractivity contribution in [2.24, 2.45) is 5.41 Å². The Morgan fingerprint density at radius 2 is 1.87 bits per heavy atom. The lowest BCUT2D eigenvalue weighted by molar-refractivity contribution is -0.140. The quantitative estimate of drug-likeness (QED) is 0.144. The minimum absolute atomic E-state index is 0.108. The van der Waals surface area contributed by atoms with E-state index >= 15 is 0 Å². The first kappa shape index (κ1) is 34.8. The van der Waals surface area contributed by atoms with Crippen molar-refractivity contribution in [2.45, 2.75) is 68.6 Å². The third kappa shape index (κ3) is 9.74. The zero-order chi connectivity index (χ0) is 33.1. The maximum atomic E-state index is 13.5. The van der Waals surface area contributed by atoms with Crippen molar-refractivity contribution in [3.8, 4) is 23.7 Å². The average molecular weight is 669 g/mol. The van der Waals surface area contributed by atoms with Crippen LogP contribution in [-0.2, 0) is 11.3 Å². The van der Waals surface area contributed by atoms with Crippen LogP contribution >= 0.6 is 11.9 Å². The lowest BCUT2D eigenvalue weighted by atomic mass is 9.75. The molecule has 0 atom stereocenters. The van der Waals surface area contributed by atoms with E-state index < -0.39 is 12.7 Å². The zero-order valence-corrected chi connectivity index (χ0v) is 27.6. The summed E-state index contributed by atoms with van der Waals surface area (Å²) in [5.74, 6) is 6.39. The molecule has 1 aliphatic carbocycles. The Kier molecular flexibility index (Phi) is 12.2. The van der Waals surface area contributed by atoms with Crippen LogP contribution in [0.1, 0.15) is 50.6 Å². The van der Waals surface area contributed by atoms with Crippen molar-refractivity contribution < 1.29 is 22.6 Å². The monoisotopic (exact) mass is 668 g/mol. The van der Waals surface area contributed by atoms with Crippen molar-refractivity contribution in [1.29, 1.82) is 5.26 Å². The van der Waals surface area contributed by atoms with Crippen LogP contribution < -0.4 is 25.4 Å². The molecule has 6 rings (SSSR count). The fraction of sp³-hybridized carbons (Fsp3) is 0.514. The van der Waals surface area contributed by atoms with Crippen LogP contribution in [-0.4, -0.2) is 63.3 Å². The van der Waals surface area contributed by atoms with Crippen molar-refractivity contribution in [1.82, 2.24) is 14.6 Å². The zero-order valence-electron chi connectivity index (χ0n) is 26.8. The van der Waals surface area contributed by atoms with Gasteiger partial charge in [-0.2, -0.15) is 18.4 Å². The SMILES string of the molecule is C1CC2(CCO1)CNC2.CNSc1ccc(NCC#Cc2cc3c(NC4CCCCC4)cccc3n2CC(F)(F)F)c(OCC#N)c1. The first-order valence-corrected chi connectivity index (χ1v) is 17.0. The smallest absolute Gasteiger partial charge is 0.406 e. The van der Waals surface area contributed by atoms with Crippen LogP contribution in [0.2, 0.25) is 0 Å². The van der Waals surface area contributed by atoms with Crippen LogP contribution in [0.5, 0.6) is 5.75 Å². The van der Waals surface area contributed by atoms with Gasteiger partial charge in [-0.1, -0.05) is 31.2 Å². The molecule has 2 aromatic carbocycles. The fourth-order valence-corrected chi connectivity index (χ4v) is 6.84. The van der Waals surface area contributed by atoms with Gasteiger partial charge in [-0.05, 0) is 92.4 Å². The van der Waals surface area contributed by atoms with Gasteiger partial charge in [0, 0.05) is 48.3 Å². The molecule has 3 fully saturated rings. The number of benzene rings is 2. The number of nitrogens with zero attached hydrogens (tertiary/aromatic N) is 2. The van der Waals surface area contributed by atoms with Crippen LogP contribution in [0.3, 0.4) is 0 Å². The standard InChI is InChI=1S/C28H30F3N5OS.C7H13NO/c1-33-38-22-12-13-25(27(18-22)37-16-14-32)34-15-6-9-21-17-23-24(35-20-7-3-2-4-8-20)10-5-11-26(23)36(21)19-28(29,30)31;1-3-9-4-2-7(1)5-8-6-7/h5,10-13,17-18,20,33-35H,2-4,7-8,15-16,19H2,1H3;8H,1-6H2. The van der Waals surface area contributed by atoms with E-state index in [0.29, 0.717) is 34.1 Å². The average Bonchev–Trinajstić information content (AvgIpc) is 3.40. The Morgan fingerprint density at radius 3 is 2.53 bits per heavy atom. The van der Waals surface area contributed by atoms with Gasteiger partial charge < -0.3 is 30.0 Å². The summed E-state index contributed by atoms with van der Waals surface area (Å²) in [4.78, 5) is 0.909. The number of nitriles is 1. The van der Waals surface area contributed by atoms with Gasteiger partial charge in [-0.25, -0.2) is 0 Å². The Hall–Kier alpha value is -3.55. The first-order valence-electron chi connectivity index (χ1n) is 16.2. The second kappa shape index (κ2) is 16.5. The maximum Gasteiger partial charge on any atom is 0.406 e. The van der Waals surface area contributed by atoms with Gasteiger partial charge in [0.2, 0.25) is 0 Å². The highest BCUT2D eigenvalue weighted by atomic mass is 32.2. The molecule has 3 aromatic rings. The number of alkyl halides is 3. The molecule has 0 amide bonds. The molecular formula is C35H43F3N6O2S. The molecule has 2 saturated heterocycles. The van der Waals surface area contributed by atoms with Gasteiger partial charge in [-0.15, -0.1) is 0 Å². The summed E-state index contributed by atoms with van der Waals surface area (Å²) in [6.07, 6.45) is 3.84. The molecule has 1 spiro atoms. The van der Waals surface area contributed by atoms with Crippen LogP contribution in [0.25, 0.3) is 10.9 Å². The number of ether oxygens (including phenoxy) is 2. The number of hydrogen-bond donors (Lipinski definition) is 4. The summed E-state index contributed by atoms with van der Waals surface area (Å²) in [7, 11) is 1.80. The largest absolute Gasteiger partial charge is 0.477 e. The van der Waals surface area contributed by atoms with E-state index in [1.54, 1.807) is 31.3 Å². The van der Waals surface area contributed by atoms with Crippen molar-refractivity contribution in [3.63, 3.8) is 0 Å². The van der Waals surface area contributed by atoms with Gasteiger partial charge >= 0.3 is 6.18 Å². The highest BCUT2D eigenvalue weighted by molar-refractivity contribution is 7.97. The number of halogens is 3. The van der Waals surface area contributed by atoms with E-state index in [4.69, 9.17) is 14.7 Å². The Balaban J connectivity index is 0.000000410. The molecule has 8 nitrogen and oxygen atoms in total. The van der Waals surface area contributed by atoms with E-state index in [9.17, 15) is 13.2 Å². The van der Waals surface area contributed by atoms with Crippen LogP contribution in [0.15, 0.2) is 47.4 Å². The van der Waals surface area contributed by atoms with Crippen LogP contribution in [0, 0.1) is 28.6 Å². The summed E-state index contributed by atoms with van der Waals surface area (Å²) >= 11 is 1.41. The van der Waals surface area contributed by atoms with Crippen molar-refractivity contribution in [3.05, 3.63) is 48.2 Å². The molecule has 47 heavy (non-hydrogen) atoms. The highest BCUT2D eigenvalue weighted by Gasteiger charge is 2.37.